The first-order valence-corrected chi connectivity index (χ1v) is 7.66. The Hall–Kier alpha value is -0.890. The summed E-state index contributed by atoms with van der Waals surface area (Å²) < 4.78 is 10.3. The Morgan fingerprint density at radius 1 is 1.70 bits per heavy atom. The number of nitrogens with one attached hydrogen (secondary N) is 1. The molecule has 0 bridgehead atoms. The first-order valence-electron chi connectivity index (χ1n) is 6.46. The van der Waals surface area contributed by atoms with Gasteiger partial charge in [0.25, 0.3) is 0 Å². The predicted octanol–water partition coefficient (Wildman–Crippen LogP) is 1.72. The quantitative estimate of drug-likeness (QED) is 0.834. The lowest BCUT2D eigenvalue weighted by Crippen LogP contribution is -2.45. The van der Waals surface area contributed by atoms with Crippen molar-refractivity contribution >= 4 is 34.0 Å². The van der Waals surface area contributed by atoms with Gasteiger partial charge in [0.15, 0.2) is 15.2 Å². The molecule has 1 fully saturated rings. The van der Waals surface area contributed by atoms with Gasteiger partial charge in [0, 0.05) is 19.6 Å². The number of thiazole rings is 1. The standard InChI is InChI=1S/C12H18ClN3O3S/c1-3-16-4-5-19-8(7-16)6-14-12-15-10(13)9(20-12)11(17)18-2/h8H,3-7H2,1-2H3,(H,14,15). The van der Waals surface area contributed by atoms with Gasteiger partial charge in [-0.25, -0.2) is 9.78 Å². The molecule has 1 N–H and O–H groups in total. The second-order valence-electron chi connectivity index (χ2n) is 4.40. The van der Waals surface area contributed by atoms with Crippen LogP contribution in [0.25, 0.3) is 0 Å². The molecule has 2 heterocycles. The molecular weight excluding hydrogens is 302 g/mol. The van der Waals surface area contributed by atoms with Gasteiger partial charge in [-0.05, 0) is 6.54 Å². The summed E-state index contributed by atoms with van der Waals surface area (Å²) in [5, 5.41) is 3.94. The highest BCUT2D eigenvalue weighted by Gasteiger charge is 2.21. The van der Waals surface area contributed by atoms with Gasteiger partial charge in [-0.1, -0.05) is 29.9 Å². The van der Waals surface area contributed by atoms with Crippen LogP contribution in [0.1, 0.15) is 16.6 Å². The van der Waals surface area contributed by atoms with E-state index in [4.69, 9.17) is 16.3 Å². The second kappa shape index (κ2) is 7.21. The molecule has 1 aliphatic heterocycles. The van der Waals surface area contributed by atoms with Crippen molar-refractivity contribution in [3.8, 4) is 0 Å². The summed E-state index contributed by atoms with van der Waals surface area (Å²) in [5.41, 5.74) is 0. The number of morpholine rings is 1. The molecule has 8 heteroatoms. The maximum atomic E-state index is 11.4. The van der Waals surface area contributed by atoms with Crippen LogP contribution in [0, 0.1) is 0 Å². The number of nitrogens with zero attached hydrogens (tertiary/aromatic N) is 2. The average Bonchev–Trinajstić information content (AvgIpc) is 2.85. The highest BCUT2D eigenvalue weighted by atomic mass is 35.5. The molecule has 0 saturated carbocycles. The van der Waals surface area contributed by atoms with Gasteiger partial charge in [0.1, 0.15) is 0 Å². The summed E-state index contributed by atoms with van der Waals surface area (Å²) in [6.07, 6.45) is 0.118. The maximum absolute atomic E-state index is 11.4. The summed E-state index contributed by atoms with van der Waals surface area (Å²) >= 11 is 7.09. The molecular formula is C12H18ClN3O3S. The Balaban J connectivity index is 1.89. The summed E-state index contributed by atoms with van der Waals surface area (Å²) in [7, 11) is 1.32. The summed E-state index contributed by atoms with van der Waals surface area (Å²) in [6.45, 7) is 6.41. The third-order valence-corrected chi connectivity index (χ3v) is 4.49. The van der Waals surface area contributed by atoms with Crippen LogP contribution in [0.5, 0.6) is 0 Å². The molecule has 0 amide bonds. The minimum atomic E-state index is -0.466. The number of carbonyl (C=O) groups is 1. The van der Waals surface area contributed by atoms with Crippen LogP contribution in [-0.2, 0) is 9.47 Å². The van der Waals surface area contributed by atoms with Gasteiger partial charge in [0.05, 0.1) is 19.8 Å². The average molecular weight is 320 g/mol. The van der Waals surface area contributed by atoms with Gasteiger partial charge >= 0.3 is 5.97 Å². The number of likely N-dealkylation sites (N-methyl/N-ethyl adjacent to an activating group) is 1. The Labute approximate surface area is 127 Å². The molecule has 1 atom stereocenters. The van der Waals surface area contributed by atoms with Gasteiger partial charge < -0.3 is 14.8 Å². The van der Waals surface area contributed by atoms with Crippen molar-refractivity contribution in [2.45, 2.75) is 13.0 Å². The maximum Gasteiger partial charge on any atom is 0.351 e. The van der Waals surface area contributed by atoms with Crippen LogP contribution in [0.15, 0.2) is 0 Å². The molecule has 1 aromatic rings. The lowest BCUT2D eigenvalue weighted by atomic mass is 10.2. The summed E-state index contributed by atoms with van der Waals surface area (Å²) in [6, 6.07) is 0. The fourth-order valence-electron chi connectivity index (χ4n) is 1.99. The number of ether oxygens (including phenoxy) is 2. The van der Waals surface area contributed by atoms with Crippen LogP contribution >= 0.6 is 22.9 Å². The number of hydrogen-bond acceptors (Lipinski definition) is 7. The topological polar surface area (TPSA) is 63.7 Å². The van der Waals surface area contributed by atoms with Crippen LogP contribution < -0.4 is 5.32 Å². The summed E-state index contributed by atoms with van der Waals surface area (Å²) in [4.78, 5) is 18.2. The lowest BCUT2D eigenvalue weighted by Gasteiger charge is -2.32. The number of hydrogen-bond donors (Lipinski definition) is 1. The van der Waals surface area contributed by atoms with E-state index >= 15 is 0 Å². The monoisotopic (exact) mass is 319 g/mol. The molecule has 1 aliphatic rings. The van der Waals surface area contributed by atoms with E-state index < -0.39 is 5.97 Å². The zero-order chi connectivity index (χ0) is 14.5. The van der Waals surface area contributed by atoms with E-state index in [-0.39, 0.29) is 11.3 Å². The number of aromatic nitrogens is 1. The van der Waals surface area contributed by atoms with E-state index in [1.165, 1.54) is 18.4 Å². The predicted molar refractivity (Wildman–Crippen MR) is 78.8 cm³/mol. The third kappa shape index (κ3) is 3.82. The second-order valence-corrected chi connectivity index (χ2v) is 5.75. The van der Waals surface area contributed by atoms with Crippen molar-refractivity contribution in [2.75, 3.05) is 45.2 Å². The molecule has 1 saturated heterocycles. The van der Waals surface area contributed by atoms with Crippen LogP contribution in [0.3, 0.4) is 0 Å². The first kappa shape index (κ1) is 15.5. The third-order valence-electron chi connectivity index (χ3n) is 3.11. The lowest BCUT2D eigenvalue weighted by molar-refractivity contribution is -0.0191. The van der Waals surface area contributed by atoms with E-state index in [0.717, 1.165) is 26.2 Å². The molecule has 0 spiro atoms. The van der Waals surface area contributed by atoms with Crippen LogP contribution in [0.2, 0.25) is 5.15 Å². The zero-order valence-electron chi connectivity index (χ0n) is 11.5. The Morgan fingerprint density at radius 3 is 3.20 bits per heavy atom. The SMILES string of the molecule is CCN1CCOC(CNc2nc(Cl)c(C(=O)OC)s2)C1. The van der Waals surface area contributed by atoms with E-state index in [0.29, 0.717) is 16.6 Å². The van der Waals surface area contributed by atoms with E-state index in [1.807, 2.05) is 0 Å². The fourth-order valence-corrected chi connectivity index (χ4v) is 3.10. The van der Waals surface area contributed by atoms with Crippen molar-refractivity contribution < 1.29 is 14.3 Å². The summed E-state index contributed by atoms with van der Waals surface area (Å²) in [5.74, 6) is -0.466. The van der Waals surface area contributed by atoms with E-state index in [9.17, 15) is 4.79 Å². The van der Waals surface area contributed by atoms with Gasteiger partial charge in [-0.2, -0.15) is 0 Å². The number of halogens is 1. The van der Waals surface area contributed by atoms with Gasteiger partial charge in [-0.15, -0.1) is 0 Å². The fraction of sp³-hybridized carbons (Fsp3) is 0.667. The van der Waals surface area contributed by atoms with E-state index in [2.05, 4.69) is 26.9 Å². The molecule has 1 unspecified atom stereocenters. The van der Waals surface area contributed by atoms with Crippen molar-refractivity contribution in [3.63, 3.8) is 0 Å². The molecule has 0 radical (unpaired) electrons. The number of anilines is 1. The smallest absolute Gasteiger partial charge is 0.351 e. The molecule has 6 nitrogen and oxygen atoms in total. The molecule has 112 valence electrons. The van der Waals surface area contributed by atoms with Gasteiger partial charge in [-0.3, -0.25) is 4.90 Å². The molecule has 0 aliphatic carbocycles. The highest BCUT2D eigenvalue weighted by Crippen LogP contribution is 2.27. The Kier molecular flexibility index (Phi) is 5.59. The highest BCUT2D eigenvalue weighted by molar-refractivity contribution is 7.18. The minimum Gasteiger partial charge on any atom is -0.465 e. The number of carbonyl (C=O) groups excluding carboxylic acids is 1. The molecule has 2 rings (SSSR count). The number of rotatable bonds is 5. The van der Waals surface area contributed by atoms with E-state index in [1.54, 1.807) is 0 Å². The van der Waals surface area contributed by atoms with Crippen LogP contribution in [0.4, 0.5) is 5.13 Å². The van der Waals surface area contributed by atoms with Crippen LogP contribution in [-0.4, -0.2) is 61.9 Å². The molecule has 1 aromatic heterocycles. The number of methoxy groups -OCH3 is 1. The Bertz CT molecular complexity index is 469. The van der Waals surface area contributed by atoms with Gasteiger partial charge in [0.2, 0.25) is 0 Å². The van der Waals surface area contributed by atoms with Crippen molar-refractivity contribution in [1.29, 1.82) is 0 Å². The zero-order valence-corrected chi connectivity index (χ0v) is 13.1. The molecule has 20 heavy (non-hydrogen) atoms. The number of esters is 1. The molecule has 0 aromatic carbocycles. The first-order chi connectivity index (χ1) is 9.63. The largest absolute Gasteiger partial charge is 0.465 e. The normalized spacial score (nSPS) is 19.9. The van der Waals surface area contributed by atoms with Crippen molar-refractivity contribution in [2.24, 2.45) is 0 Å². The Morgan fingerprint density at radius 2 is 2.50 bits per heavy atom. The van der Waals surface area contributed by atoms with Crippen molar-refractivity contribution in [3.05, 3.63) is 10.0 Å². The minimum absolute atomic E-state index is 0.118. The van der Waals surface area contributed by atoms with Crippen molar-refractivity contribution in [1.82, 2.24) is 9.88 Å².